The Morgan fingerprint density at radius 1 is 1.28 bits per heavy atom. The van der Waals surface area contributed by atoms with Gasteiger partial charge in [-0.2, -0.15) is 0 Å². The van der Waals surface area contributed by atoms with Crippen molar-refractivity contribution in [1.29, 1.82) is 0 Å². The van der Waals surface area contributed by atoms with E-state index in [9.17, 15) is 9.90 Å². The van der Waals surface area contributed by atoms with Gasteiger partial charge in [-0.3, -0.25) is 9.69 Å². The van der Waals surface area contributed by atoms with Crippen molar-refractivity contribution in [2.75, 3.05) is 45.9 Å². The van der Waals surface area contributed by atoms with Crippen LogP contribution in [0.15, 0.2) is 28.7 Å². The number of ether oxygens (including phenoxy) is 1. The number of amides is 1. The quantitative estimate of drug-likeness (QED) is 0.865. The van der Waals surface area contributed by atoms with Crippen LogP contribution in [0.5, 0.6) is 0 Å². The molecule has 6 heteroatoms. The van der Waals surface area contributed by atoms with Gasteiger partial charge in [0.2, 0.25) is 0 Å². The number of furan rings is 1. The molecule has 2 heterocycles. The third kappa shape index (κ3) is 4.39. The fraction of sp³-hybridized carbons (Fsp3) is 0.526. The van der Waals surface area contributed by atoms with Gasteiger partial charge in [0.15, 0.2) is 5.76 Å². The predicted octanol–water partition coefficient (Wildman–Crippen LogP) is 1.90. The lowest BCUT2D eigenvalue weighted by Gasteiger charge is -2.35. The topological polar surface area (TPSA) is 66.2 Å². The first-order valence-corrected chi connectivity index (χ1v) is 8.84. The van der Waals surface area contributed by atoms with Crippen LogP contribution in [0, 0.1) is 6.92 Å². The monoisotopic (exact) mass is 346 g/mol. The average molecular weight is 346 g/mol. The van der Waals surface area contributed by atoms with E-state index in [1.54, 1.807) is 0 Å². The third-order valence-corrected chi connectivity index (χ3v) is 4.53. The van der Waals surface area contributed by atoms with E-state index in [0.717, 1.165) is 29.6 Å². The van der Waals surface area contributed by atoms with Crippen molar-refractivity contribution in [3.63, 3.8) is 0 Å². The van der Waals surface area contributed by atoms with Gasteiger partial charge < -0.3 is 19.2 Å². The van der Waals surface area contributed by atoms with Crippen LogP contribution >= 0.6 is 0 Å². The number of hydrogen-bond acceptors (Lipinski definition) is 5. The molecule has 0 radical (unpaired) electrons. The number of aryl methyl sites for hydroxylation is 1. The second kappa shape index (κ2) is 7.99. The lowest BCUT2D eigenvalue weighted by atomic mass is 10.2. The number of carbonyl (C=O) groups is 1. The molecular formula is C19H26N2O4. The summed E-state index contributed by atoms with van der Waals surface area (Å²) in [5.41, 5.74) is 1.89. The molecule has 1 saturated heterocycles. The van der Waals surface area contributed by atoms with Crippen molar-refractivity contribution in [3.8, 4) is 0 Å². The van der Waals surface area contributed by atoms with E-state index >= 15 is 0 Å². The van der Waals surface area contributed by atoms with Crippen molar-refractivity contribution in [3.05, 3.63) is 35.6 Å². The van der Waals surface area contributed by atoms with E-state index in [1.807, 2.05) is 43.0 Å². The van der Waals surface area contributed by atoms with E-state index in [2.05, 4.69) is 4.90 Å². The summed E-state index contributed by atoms with van der Waals surface area (Å²) in [6.45, 7) is 8.23. The molecule has 6 nitrogen and oxygen atoms in total. The van der Waals surface area contributed by atoms with E-state index < -0.39 is 6.10 Å². The smallest absolute Gasteiger partial charge is 0.289 e. The Morgan fingerprint density at radius 3 is 2.76 bits per heavy atom. The number of aliphatic hydroxyl groups excluding tert-OH is 1. The van der Waals surface area contributed by atoms with Gasteiger partial charge in [0.25, 0.3) is 5.91 Å². The molecule has 1 aromatic heterocycles. The van der Waals surface area contributed by atoms with Gasteiger partial charge in [0.1, 0.15) is 5.58 Å². The lowest BCUT2D eigenvalue weighted by Crippen LogP contribution is -2.50. The van der Waals surface area contributed by atoms with E-state index in [4.69, 9.17) is 9.15 Å². The second-order valence-corrected chi connectivity index (χ2v) is 6.56. The zero-order chi connectivity index (χ0) is 17.8. The lowest BCUT2D eigenvalue weighted by molar-refractivity contribution is 0.0108. The van der Waals surface area contributed by atoms with Gasteiger partial charge in [-0.1, -0.05) is 11.6 Å². The Balaban J connectivity index is 1.55. The fourth-order valence-electron chi connectivity index (χ4n) is 3.16. The zero-order valence-electron chi connectivity index (χ0n) is 14.9. The highest BCUT2D eigenvalue weighted by molar-refractivity contribution is 5.96. The zero-order valence-corrected chi connectivity index (χ0v) is 14.9. The third-order valence-electron chi connectivity index (χ3n) is 4.53. The first-order chi connectivity index (χ1) is 12.1. The molecule has 1 fully saturated rings. The van der Waals surface area contributed by atoms with Crippen LogP contribution in [0.3, 0.4) is 0 Å². The molecule has 1 atom stereocenters. The van der Waals surface area contributed by atoms with Crippen molar-refractivity contribution >= 4 is 16.9 Å². The van der Waals surface area contributed by atoms with Crippen LogP contribution in [-0.4, -0.2) is 72.9 Å². The summed E-state index contributed by atoms with van der Waals surface area (Å²) < 4.78 is 10.9. The average Bonchev–Trinajstić information content (AvgIpc) is 3.03. The molecule has 0 unspecified atom stereocenters. The molecule has 0 spiro atoms. The summed E-state index contributed by atoms with van der Waals surface area (Å²) >= 11 is 0. The van der Waals surface area contributed by atoms with Crippen LogP contribution < -0.4 is 0 Å². The number of nitrogens with zero attached hydrogens (tertiary/aromatic N) is 2. The summed E-state index contributed by atoms with van der Waals surface area (Å²) in [6.07, 6.45) is -0.485. The maximum atomic E-state index is 12.7. The molecule has 25 heavy (non-hydrogen) atoms. The number of benzene rings is 1. The molecule has 1 amide bonds. The standard InChI is InChI=1S/C19H26N2O4/c1-3-24-13-16(22)12-20-6-8-21(9-7-20)19(23)18-11-15-10-14(2)4-5-17(15)25-18/h4-5,10-11,16,22H,3,6-9,12-13H2,1-2H3/t16-/m1/s1. The highest BCUT2D eigenvalue weighted by Gasteiger charge is 2.25. The van der Waals surface area contributed by atoms with Gasteiger partial charge >= 0.3 is 0 Å². The number of fused-ring (bicyclic) bond motifs is 1. The summed E-state index contributed by atoms with van der Waals surface area (Å²) in [4.78, 5) is 16.6. The molecular weight excluding hydrogens is 320 g/mol. The van der Waals surface area contributed by atoms with Crippen molar-refractivity contribution in [2.24, 2.45) is 0 Å². The highest BCUT2D eigenvalue weighted by Crippen LogP contribution is 2.22. The second-order valence-electron chi connectivity index (χ2n) is 6.56. The summed E-state index contributed by atoms with van der Waals surface area (Å²) in [6, 6.07) is 7.72. The van der Waals surface area contributed by atoms with Gasteiger partial charge in [-0.15, -0.1) is 0 Å². The largest absolute Gasteiger partial charge is 0.451 e. The summed E-state index contributed by atoms with van der Waals surface area (Å²) in [5, 5.41) is 10.9. The van der Waals surface area contributed by atoms with Gasteiger partial charge in [0.05, 0.1) is 12.7 Å². The Hall–Kier alpha value is -1.89. The van der Waals surface area contributed by atoms with Crippen molar-refractivity contribution < 1.29 is 19.1 Å². The van der Waals surface area contributed by atoms with E-state index in [1.165, 1.54) is 0 Å². The molecule has 0 aliphatic carbocycles. The molecule has 136 valence electrons. The highest BCUT2D eigenvalue weighted by atomic mass is 16.5. The van der Waals surface area contributed by atoms with Crippen LogP contribution in [0.1, 0.15) is 23.0 Å². The van der Waals surface area contributed by atoms with Gasteiger partial charge in [0, 0.05) is 44.7 Å². The Bertz CT molecular complexity index is 719. The Labute approximate surface area is 148 Å². The number of hydrogen-bond donors (Lipinski definition) is 1. The minimum atomic E-state index is -0.485. The molecule has 1 N–H and O–H groups in total. The summed E-state index contributed by atoms with van der Waals surface area (Å²) in [5.74, 6) is 0.328. The number of carbonyl (C=O) groups excluding carboxylic acids is 1. The SMILES string of the molecule is CCOC[C@H](O)CN1CCN(C(=O)c2cc3cc(C)ccc3o2)CC1. The number of aliphatic hydroxyl groups is 1. The van der Waals surface area contributed by atoms with Crippen molar-refractivity contribution in [1.82, 2.24) is 9.80 Å². The minimum absolute atomic E-state index is 0.0663. The van der Waals surface area contributed by atoms with Crippen LogP contribution in [0.4, 0.5) is 0 Å². The van der Waals surface area contributed by atoms with Gasteiger partial charge in [-0.05, 0) is 32.0 Å². The molecule has 0 saturated carbocycles. The number of β-amino-alcohol motifs (C(OH)–C–C–N with tert-alkyl or cyclic N) is 1. The Kier molecular flexibility index (Phi) is 5.73. The molecule has 1 aliphatic rings. The molecule has 3 rings (SSSR count). The molecule has 0 bridgehead atoms. The van der Waals surface area contributed by atoms with Crippen LogP contribution in [0.25, 0.3) is 11.0 Å². The maximum Gasteiger partial charge on any atom is 0.289 e. The maximum absolute atomic E-state index is 12.7. The normalized spacial score (nSPS) is 17.2. The first-order valence-electron chi connectivity index (χ1n) is 8.84. The molecule has 1 aliphatic heterocycles. The Morgan fingerprint density at radius 2 is 2.04 bits per heavy atom. The van der Waals surface area contributed by atoms with Crippen LogP contribution in [-0.2, 0) is 4.74 Å². The first kappa shape index (κ1) is 17.9. The molecule has 2 aromatic rings. The van der Waals surface area contributed by atoms with Gasteiger partial charge in [-0.25, -0.2) is 0 Å². The predicted molar refractivity (Wildman–Crippen MR) is 95.8 cm³/mol. The van der Waals surface area contributed by atoms with Crippen molar-refractivity contribution in [2.45, 2.75) is 20.0 Å². The number of rotatable bonds is 6. The number of piperazine rings is 1. The van der Waals surface area contributed by atoms with E-state index in [-0.39, 0.29) is 5.91 Å². The molecule has 1 aromatic carbocycles. The van der Waals surface area contributed by atoms with Crippen LogP contribution in [0.2, 0.25) is 0 Å². The summed E-state index contributed by atoms with van der Waals surface area (Å²) in [7, 11) is 0. The minimum Gasteiger partial charge on any atom is -0.451 e. The fourth-order valence-corrected chi connectivity index (χ4v) is 3.16. The van der Waals surface area contributed by atoms with E-state index in [0.29, 0.717) is 38.6 Å².